The van der Waals surface area contributed by atoms with Gasteiger partial charge in [0.1, 0.15) is 22.9 Å². The number of piperidine rings is 1. The van der Waals surface area contributed by atoms with E-state index in [0.717, 1.165) is 55.5 Å². The molecular weight excluding hydrogens is 519 g/mol. The Morgan fingerprint density at radius 1 is 1.18 bits per heavy atom. The lowest BCUT2D eigenvalue weighted by molar-refractivity contribution is -0.192. The number of hydrogen-bond acceptors (Lipinski definition) is 7. The second-order valence-electron chi connectivity index (χ2n) is 9.57. The molecule has 1 saturated heterocycles. The fraction of sp³-hybridized carbons (Fsp3) is 0.462. The first-order valence-electron chi connectivity index (χ1n) is 12.4. The fourth-order valence-electron chi connectivity index (χ4n) is 4.69. The van der Waals surface area contributed by atoms with Gasteiger partial charge in [-0.1, -0.05) is 6.07 Å². The van der Waals surface area contributed by atoms with E-state index in [2.05, 4.69) is 37.7 Å². The van der Waals surface area contributed by atoms with Crippen LogP contribution in [-0.4, -0.2) is 61.8 Å². The Kier molecular flexibility index (Phi) is 8.40. The zero-order chi connectivity index (χ0) is 28.2. The maximum atomic E-state index is 12.9. The Balaban J connectivity index is 0.000000448. The van der Waals surface area contributed by atoms with Crippen molar-refractivity contribution in [3.63, 3.8) is 0 Å². The van der Waals surface area contributed by atoms with Crippen molar-refractivity contribution in [3.05, 3.63) is 71.5 Å². The molecule has 210 valence electrons. The van der Waals surface area contributed by atoms with Crippen LogP contribution in [0.15, 0.2) is 47.3 Å². The number of carbonyl (C=O) groups is 2. The van der Waals surface area contributed by atoms with Gasteiger partial charge in [-0.05, 0) is 50.5 Å². The average Bonchev–Trinajstić information content (AvgIpc) is 3.50. The molecule has 1 spiro atoms. The van der Waals surface area contributed by atoms with Crippen molar-refractivity contribution >= 4 is 11.9 Å². The zero-order valence-electron chi connectivity index (χ0n) is 21.6. The van der Waals surface area contributed by atoms with Crippen LogP contribution in [0.4, 0.5) is 13.2 Å². The Morgan fingerprint density at radius 3 is 2.49 bits per heavy atom. The molecule has 0 aliphatic carbocycles. The standard InChI is InChI=1S/C24H29N5O3.C2HF3O2/c1-17-13-20(31-18(17)2)15-28-10-6-24(7-11-28)23-26-9-12-29(23)16-21(32-24)22(30)27-14-19-5-3-4-8-25-19;3-2(4,5)1(6)7/h3-5,8-9,12-13,21H,6-7,10-11,14-16H2,1-2H3,(H,27,30);(H,6,7). The van der Waals surface area contributed by atoms with Crippen LogP contribution in [0.1, 0.15) is 41.4 Å². The van der Waals surface area contributed by atoms with Gasteiger partial charge < -0.3 is 24.1 Å². The minimum Gasteiger partial charge on any atom is -0.475 e. The molecule has 1 atom stereocenters. The van der Waals surface area contributed by atoms with Gasteiger partial charge in [-0.25, -0.2) is 9.78 Å². The summed E-state index contributed by atoms with van der Waals surface area (Å²) in [4.78, 5) is 33.1. The number of amides is 1. The highest BCUT2D eigenvalue weighted by molar-refractivity contribution is 5.80. The molecule has 5 heterocycles. The number of hydrogen-bond donors (Lipinski definition) is 2. The number of fused-ring (bicyclic) bond motifs is 2. The van der Waals surface area contributed by atoms with Gasteiger partial charge in [0.05, 0.1) is 25.3 Å². The van der Waals surface area contributed by atoms with Crippen molar-refractivity contribution in [2.24, 2.45) is 0 Å². The van der Waals surface area contributed by atoms with Gasteiger partial charge in [0.25, 0.3) is 5.91 Å². The van der Waals surface area contributed by atoms with Gasteiger partial charge in [-0.2, -0.15) is 13.2 Å². The number of furan rings is 1. The number of likely N-dealkylation sites (tertiary alicyclic amines) is 1. The van der Waals surface area contributed by atoms with E-state index in [-0.39, 0.29) is 5.91 Å². The molecule has 1 amide bonds. The number of ether oxygens (including phenoxy) is 1. The number of aryl methyl sites for hydroxylation is 2. The van der Waals surface area contributed by atoms with Crippen LogP contribution in [0.2, 0.25) is 0 Å². The number of rotatable bonds is 5. The number of halogens is 3. The van der Waals surface area contributed by atoms with Crippen molar-refractivity contribution < 1.29 is 37.0 Å². The summed E-state index contributed by atoms with van der Waals surface area (Å²) in [7, 11) is 0. The topological polar surface area (TPSA) is 123 Å². The van der Waals surface area contributed by atoms with Gasteiger partial charge in [-0.3, -0.25) is 14.7 Å². The first kappa shape index (κ1) is 28.3. The van der Waals surface area contributed by atoms with E-state index >= 15 is 0 Å². The molecule has 2 N–H and O–H groups in total. The van der Waals surface area contributed by atoms with Crippen LogP contribution in [0.25, 0.3) is 0 Å². The molecular formula is C26H30F3N5O5. The summed E-state index contributed by atoms with van der Waals surface area (Å²) in [5.41, 5.74) is 1.47. The molecule has 3 aromatic rings. The third kappa shape index (κ3) is 6.84. The summed E-state index contributed by atoms with van der Waals surface area (Å²) in [6.45, 7) is 7.43. The van der Waals surface area contributed by atoms with E-state index in [4.69, 9.17) is 19.1 Å². The summed E-state index contributed by atoms with van der Waals surface area (Å²) in [5, 5.41) is 10.1. The number of carboxylic acid groups (broad SMARTS) is 1. The monoisotopic (exact) mass is 549 g/mol. The zero-order valence-corrected chi connectivity index (χ0v) is 21.6. The minimum absolute atomic E-state index is 0.113. The molecule has 2 aliphatic heterocycles. The van der Waals surface area contributed by atoms with Crippen LogP contribution in [0.5, 0.6) is 0 Å². The maximum absolute atomic E-state index is 12.9. The molecule has 0 radical (unpaired) electrons. The van der Waals surface area contributed by atoms with Gasteiger partial charge in [0.2, 0.25) is 0 Å². The Labute approximate surface area is 222 Å². The lowest BCUT2D eigenvalue weighted by Gasteiger charge is -2.45. The molecule has 2 aliphatic rings. The lowest BCUT2D eigenvalue weighted by atomic mass is 9.88. The van der Waals surface area contributed by atoms with E-state index in [9.17, 15) is 18.0 Å². The number of pyridine rings is 1. The van der Waals surface area contributed by atoms with Crippen LogP contribution in [0, 0.1) is 13.8 Å². The van der Waals surface area contributed by atoms with Crippen molar-refractivity contribution in [1.29, 1.82) is 0 Å². The number of aromatic nitrogens is 3. The first-order chi connectivity index (χ1) is 18.5. The summed E-state index contributed by atoms with van der Waals surface area (Å²) >= 11 is 0. The summed E-state index contributed by atoms with van der Waals surface area (Å²) in [6, 6.07) is 7.79. The predicted octanol–water partition coefficient (Wildman–Crippen LogP) is 3.33. The molecule has 0 bridgehead atoms. The maximum Gasteiger partial charge on any atom is 0.490 e. The van der Waals surface area contributed by atoms with Crippen LogP contribution >= 0.6 is 0 Å². The van der Waals surface area contributed by atoms with Gasteiger partial charge in [0.15, 0.2) is 6.10 Å². The van der Waals surface area contributed by atoms with Crippen molar-refractivity contribution in [3.8, 4) is 0 Å². The van der Waals surface area contributed by atoms with Crippen LogP contribution in [-0.2, 0) is 39.6 Å². The van der Waals surface area contributed by atoms with E-state index in [1.807, 2.05) is 31.3 Å². The number of nitrogens with one attached hydrogen (secondary N) is 1. The van der Waals surface area contributed by atoms with Crippen LogP contribution in [0.3, 0.4) is 0 Å². The molecule has 3 aromatic heterocycles. The van der Waals surface area contributed by atoms with Crippen molar-refractivity contribution in [1.82, 2.24) is 24.8 Å². The first-order valence-corrected chi connectivity index (χ1v) is 12.4. The quantitative estimate of drug-likeness (QED) is 0.497. The van der Waals surface area contributed by atoms with Crippen molar-refractivity contribution in [2.45, 2.75) is 64.2 Å². The van der Waals surface area contributed by atoms with E-state index < -0.39 is 23.9 Å². The SMILES string of the molecule is Cc1cc(CN2CCC3(CC2)OC(C(=O)NCc2ccccn2)Cn2ccnc23)oc1C.O=C(O)C(F)(F)F. The smallest absolute Gasteiger partial charge is 0.475 e. The molecule has 1 fully saturated rings. The van der Waals surface area contributed by atoms with E-state index in [0.29, 0.717) is 13.1 Å². The third-order valence-corrected chi connectivity index (χ3v) is 6.82. The molecule has 0 aromatic carbocycles. The number of alkyl halides is 3. The van der Waals surface area contributed by atoms with E-state index in [1.165, 1.54) is 5.56 Å². The number of imidazole rings is 1. The van der Waals surface area contributed by atoms with Gasteiger partial charge >= 0.3 is 12.1 Å². The number of carbonyl (C=O) groups excluding carboxylic acids is 1. The van der Waals surface area contributed by atoms with Crippen LogP contribution < -0.4 is 5.32 Å². The molecule has 1 unspecified atom stereocenters. The minimum atomic E-state index is -5.08. The third-order valence-electron chi connectivity index (χ3n) is 6.82. The molecule has 0 saturated carbocycles. The Bertz CT molecular complexity index is 1260. The predicted molar refractivity (Wildman–Crippen MR) is 131 cm³/mol. The summed E-state index contributed by atoms with van der Waals surface area (Å²) in [5.74, 6) is 0.0286. The molecule has 13 heteroatoms. The largest absolute Gasteiger partial charge is 0.490 e. The lowest BCUT2D eigenvalue weighted by Crippen LogP contribution is -2.53. The normalized spacial score (nSPS) is 18.6. The summed E-state index contributed by atoms with van der Waals surface area (Å²) in [6.07, 6.45) is 1.40. The Hall–Kier alpha value is -3.71. The second kappa shape index (κ2) is 11.6. The average molecular weight is 550 g/mol. The number of carboxylic acids is 1. The number of nitrogens with zero attached hydrogens (tertiary/aromatic N) is 4. The van der Waals surface area contributed by atoms with Gasteiger partial charge in [-0.15, -0.1) is 0 Å². The molecule has 10 nitrogen and oxygen atoms in total. The van der Waals surface area contributed by atoms with Gasteiger partial charge in [0, 0.05) is 31.7 Å². The van der Waals surface area contributed by atoms with Crippen molar-refractivity contribution in [2.75, 3.05) is 13.1 Å². The number of aliphatic carboxylic acids is 1. The molecule has 39 heavy (non-hydrogen) atoms. The molecule has 5 rings (SSSR count). The second-order valence-corrected chi connectivity index (χ2v) is 9.57. The summed E-state index contributed by atoms with van der Waals surface area (Å²) < 4.78 is 46.2. The Morgan fingerprint density at radius 2 is 1.90 bits per heavy atom. The highest BCUT2D eigenvalue weighted by atomic mass is 19.4. The highest BCUT2D eigenvalue weighted by Gasteiger charge is 2.47. The van der Waals surface area contributed by atoms with E-state index in [1.54, 1.807) is 12.4 Å². The highest BCUT2D eigenvalue weighted by Crippen LogP contribution is 2.40. The fourth-order valence-corrected chi connectivity index (χ4v) is 4.69.